The van der Waals surface area contributed by atoms with E-state index in [4.69, 9.17) is 0 Å². The number of piperidine rings is 1. The standard InChI is InChI=1S/C19H26N4O2/c1-14-6-5-9-22(11-14)12-15(2)21-19(25)13-23-17-8-4-3-7-16(17)18(24)10-20-23/h3-4,7-8,10,14-15H,5-6,9,11-13H2,1-2H3,(H,21,25)/t14-,15+/m0/s1. The van der Waals surface area contributed by atoms with E-state index in [-0.39, 0.29) is 23.9 Å². The zero-order valence-corrected chi connectivity index (χ0v) is 14.9. The summed E-state index contributed by atoms with van der Waals surface area (Å²) in [5.41, 5.74) is 0.558. The molecule has 1 saturated heterocycles. The summed E-state index contributed by atoms with van der Waals surface area (Å²) in [5, 5.41) is 7.75. The van der Waals surface area contributed by atoms with E-state index in [9.17, 15) is 9.59 Å². The molecule has 134 valence electrons. The Morgan fingerprint density at radius 2 is 2.20 bits per heavy atom. The summed E-state index contributed by atoms with van der Waals surface area (Å²) >= 11 is 0. The first kappa shape index (κ1) is 17.6. The highest BCUT2D eigenvalue weighted by molar-refractivity contribution is 5.81. The number of nitrogens with zero attached hydrogens (tertiary/aromatic N) is 3. The summed E-state index contributed by atoms with van der Waals surface area (Å²) in [7, 11) is 0. The van der Waals surface area contributed by atoms with E-state index in [0.717, 1.165) is 25.6 Å². The molecule has 0 spiro atoms. The van der Waals surface area contributed by atoms with Crippen molar-refractivity contribution in [1.82, 2.24) is 20.0 Å². The van der Waals surface area contributed by atoms with Gasteiger partial charge >= 0.3 is 0 Å². The minimum absolute atomic E-state index is 0.0844. The number of benzene rings is 1. The molecule has 0 bridgehead atoms. The van der Waals surface area contributed by atoms with E-state index in [1.54, 1.807) is 10.7 Å². The SMILES string of the molecule is C[C@H]1CCCN(C[C@@H](C)NC(=O)Cn2ncc(=O)c3ccccc32)C1. The maximum atomic E-state index is 12.4. The van der Waals surface area contributed by atoms with Gasteiger partial charge in [0.05, 0.1) is 11.7 Å². The Morgan fingerprint density at radius 3 is 3.00 bits per heavy atom. The lowest BCUT2D eigenvalue weighted by molar-refractivity contribution is -0.122. The van der Waals surface area contributed by atoms with Gasteiger partial charge in [-0.1, -0.05) is 19.1 Å². The van der Waals surface area contributed by atoms with Gasteiger partial charge in [-0.3, -0.25) is 14.3 Å². The Balaban J connectivity index is 1.61. The third-order valence-corrected chi connectivity index (χ3v) is 4.74. The highest BCUT2D eigenvalue weighted by Gasteiger charge is 2.19. The van der Waals surface area contributed by atoms with Crippen LogP contribution in [0, 0.1) is 5.92 Å². The van der Waals surface area contributed by atoms with Crippen molar-refractivity contribution in [3.05, 3.63) is 40.7 Å². The van der Waals surface area contributed by atoms with Crippen molar-refractivity contribution >= 4 is 16.8 Å². The van der Waals surface area contributed by atoms with Gasteiger partial charge in [0.15, 0.2) is 0 Å². The van der Waals surface area contributed by atoms with Crippen molar-refractivity contribution in [3.63, 3.8) is 0 Å². The van der Waals surface area contributed by atoms with Crippen molar-refractivity contribution in [1.29, 1.82) is 0 Å². The first-order valence-corrected chi connectivity index (χ1v) is 8.99. The highest BCUT2D eigenvalue weighted by Crippen LogP contribution is 2.15. The minimum Gasteiger partial charge on any atom is -0.351 e. The molecule has 1 fully saturated rings. The molecule has 6 nitrogen and oxygen atoms in total. The lowest BCUT2D eigenvalue weighted by atomic mass is 10.00. The van der Waals surface area contributed by atoms with Crippen molar-refractivity contribution in [2.75, 3.05) is 19.6 Å². The Hall–Kier alpha value is -2.21. The molecule has 1 amide bonds. The van der Waals surface area contributed by atoms with Crippen LogP contribution >= 0.6 is 0 Å². The summed E-state index contributed by atoms with van der Waals surface area (Å²) < 4.78 is 1.59. The maximum absolute atomic E-state index is 12.4. The van der Waals surface area contributed by atoms with Gasteiger partial charge in [0.2, 0.25) is 11.3 Å². The first-order valence-electron chi connectivity index (χ1n) is 8.99. The van der Waals surface area contributed by atoms with Crippen LogP contribution in [0.15, 0.2) is 35.3 Å². The van der Waals surface area contributed by atoms with Gasteiger partial charge in [0.25, 0.3) is 0 Å². The molecular formula is C19H26N4O2. The Labute approximate surface area is 147 Å². The zero-order chi connectivity index (χ0) is 17.8. The van der Waals surface area contributed by atoms with Crippen LogP contribution in [-0.4, -0.2) is 46.3 Å². The molecule has 0 saturated carbocycles. The zero-order valence-electron chi connectivity index (χ0n) is 14.9. The van der Waals surface area contributed by atoms with Crippen molar-refractivity contribution in [2.24, 2.45) is 5.92 Å². The molecule has 1 aromatic heterocycles. The van der Waals surface area contributed by atoms with Crippen LogP contribution in [-0.2, 0) is 11.3 Å². The van der Waals surface area contributed by atoms with Crippen LogP contribution in [0.2, 0.25) is 0 Å². The van der Waals surface area contributed by atoms with Gasteiger partial charge in [-0.2, -0.15) is 5.10 Å². The van der Waals surface area contributed by atoms with Gasteiger partial charge in [-0.05, 0) is 44.4 Å². The number of rotatable bonds is 5. The van der Waals surface area contributed by atoms with Gasteiger partial charge in [-0.25, -0.2) is 0 Å². The van der Waals surface area contributed by atoms with Crippen LogP contribution in [0.1, 0.15) is 26.7 Å². The average molecular weight is 342 g/mol. The number of hydrogen-bond donors (Lipinski definition) is 1. The molecule has 2 heterocycles. The lowest BCUT2D eigenvalue weighted by Gasteiger charge is -2.32. The van der Waals surface area contributed by atoms with E-state index in [1.807, 2.05) is 25.1 Å². The van der Waals surface area contributed by atoms with Gasteiger partial charge in [0.1, 0.15) is 6.54 Å². The topological polar surface area (TPSA) is 67.2 Å². The summed E-state index contributed by atoms with van der Waals surface area (Å²) in [6, 6.07) is 7.32. The molecular weight excluding hydrogens is 316 g/mol. The number of aromatic nitrogens is 2. The smallest absolute Gasteiger partial charge is 0.242 e. The Bertz CT molecular complexity index is 801. The number of fused-ring (bicyclic) bond motifs is 1. The highest BCUT2D eigenvalue weighted by atomic mass is 16.2. The van der Waals surface area contributed by atoms with Crippen LogP contribution in [0.5, 0.6) is 0 Å². The van der Waals surface area contributed by atoms with E-state index < -0.39 is 0 Å². The lowest BCUT2D eigenvalue weighted by Crippen LogP contribution is -2.46. The van der Waals surface area contributed by atoms with E-state index >= 15 is 0 Å². The van der Waals surface area contributed by atoms with Gasteiger partial charge in [0, 0.05) is 24.5 Å². The molecule has 6 heteroatoms. The van der Waals surface area contributed by atoms with E-state index in [1.165, 1.54) is 19.0 Å². The molecule has 1 aliphatic heterocycles. The molecule has 25 heavy (non-hydrogen) atoms. The number of amides is 1. The molecule has 2 aromatic rings. The number of para-hydroxylation sites is 1. The normalized spacial score (nSPS) is 19.7. The number of hydrogen-bond acceptors (Lipinski definition) is 4. The molecule has 0 unspecified atom stereocenters. The summed E-state index contributed by atoms with van der Waals surface area (Å²) in [6.45, 7) is 7.51. The fourth-order valence-electron chi connectivity index (χ4n) is 3.63. The molecule has 2 atom stereocenters. The second kappa shape index (κ2) is 7.78. The quantitative estimate of drug-likeness (QED) is 0.897. The first-order chi connectivity index (χ1) is 12.0. The van der Waals surface area contributed by atoms with Gasteiger partial charge in [-0.15, -0.1) is 0 Å². The number of likely N-dealkylation sites (tertiary alicyclic amines) is 1. The molecule has 3 rings (SSSR count). The Morgan fingerprint density at radius 1 is 1.40 bits per heavy atom. The molecule has 1 N–H and O–H groups in total. The maximum Gasteiger partial charge on any atom is 0.242 e. The summed E-state index contributed by atoms with van der Waals surface area (Å²) in [5.74, 6) is 0.646. The number of nitrogens with one attached hydrogen (secondary N) is 1. The van der Waals surface area contributed by atoms with Crippen LogP contribution < -0.4 is 10.7 Å². The molecule has 1 aliphatic rings. The molecule has 0 aliphatic carbocycles. The van der Waals surface area contributed by atoms with Crippen molar-refractivity contribution in [2.45, 2.75) is 39.3 Å². The fraction of sp³-hybridized carbons (Fsp3) is 0.526. The predicted octanol–water partition coefficient (Wildman–Crippen LogP) is 1.63. The fourth-order valence-corrected chi connectivity index (χ4v) is 3.63. The van der Waals surface area contributed by atoms with Gasteiger partial charge < -0.3 is 10.2 Å². The third kappa shape index (κ3) is 4.45. The van der Waals surface area contributed by atoms with Crippen molar-refractivity contribution < 1.29 is 4.79 Å². The second-order valence-electron chi connectivity index (χ2n) is 7.16. The van der Waals surface area contributed by atoms with Crippen LogP contribution in [0.3, 0.4) is 0 Å². The largest absolute Gasteiger partial charge is 0.351 e. The number of carbonyl (C=O) groups excluding carboxylic acids is 1. The minimum atomic E-state index is -0.125. The average Bonchev–Trinajstić information content (AvgIpc) is 2.57. The van der Waals surface area contributed by atoms with E-state index in [2.05, 4.69) is 22.2 Å². The monoisotopic (exact) mass is 342 g/mol. The Kier molecular flexibility index (Phi) is 5.48. The van der Waals surface area contributed by atoms with Crippen LogP contribution in [0.25, 0.3) is 10.9 Å². The molecule has 1 aromatic carbocycles. The predicted molar refractivity (Wildman–Crippen MR) is 98.4 cm³/mol. The summed E-state index contributed by atoms with van der Waals surface area (Å²) in [6.07, 6.45) is 3.80. The number of carbonyl (C=O) groups is 1. The second-order valence-corrected chi connectivity index (χ2v) is 7.16. The summed E-state index contributed by atoms with van der Waals surface area (Å²) in [4.78, 5) is 26.7. The van der Waals surface area contributed by atoms with Crippen LogP contribution in [0.4, 0.5) is 0 Å². The van der Waals surface area contributed by atoms with Crippen molar-refractivity contribution in [3.8, 4) is 0 Å². The van der Waals surface area contributed by atoms with E-state index in [0.29, 0.717) is 10.9 Å². The third-order valence-electron chi connectivity index (χ3n) is 4.74. The molecule has 0 radical (unpaired) electrons.